The molecule has 20 heavy (non-hydrogen) atoms. The molecular formula is C14H17BrO5. The smallest absolute Gasteiger partial charge is 0.323 e. The van der Waals surface area contributed by atoms with Crippen molar-refractivity contribution < 1.29 is 24.2 Å². The molecule has 5 nitrogen and oxygen atoms in total. The summed E-state index contributed by atoms with van der Waals surface area (Å²) in [6.45, 7) is 3.52. The van der Waals surface area contributed by atoms with E-state index in [-0.39, 0.29) is 13.2 Å². The molecule has 110 valence electrons. The Morgan fingerprint density at radius 3 is 1.95 bits per heavy atom. The van der Waals surface area contributed by atoms with Crippen LogP contribution in [0.1, 0.15) is 25.5 Å². The molecule has 0 aliphatic carbocycles. The minimum Gasteiger partial charge on any atom is -0.465 e. The van der Waals surface area contributed by atoms with Gasteiger partial charge in [0.25, 0.3) is 0 Å². The van der Waals surface area contributed by atoms with Gasteiger partial charge in [-0.3, -0.25) is 9.59 Å². The third kappa shape index (κ3) is 4.31. The number of aliphatic hydroxyl groups excluding tert-OH is 1. The van der Waals surface area contributed by atoms with Crippen molar-refractivity contribution in [1.29, 1.82) is 0 Å². The van der Waals surface area contributed by atoms with E-state index >= 15 is 0 Å². The molecule has 1 atom stereocenters. The molecule has 0 radical (unpaired) electrons. The van der Waals surface area contributed by atoms with Crippen LogP contribution in [0.4, 0.5) is 0 Å². The Kier molecular flexibility index (Phi) is 6.67. The molecule has 0 bridgehead atoms. The molecule has 1 aromatic carbocycles. The first-order chi connectivity index (χ1) is 9.51. The summed E-state index contributed by atoms with van der Waals surface area (Å²) in [5, 5.41) is 10.2. The van der Waals surface area contributed by atoms with Crippen LogP contribution in [0.2, 0.25) is 0 Å². The molecule has 1 N–H and O–H groups in total. The molecule has 1 rings (SSSR count). The van der Waals surface area contributed by atoms with Gasteiger partial charge in [-0.25, -0.2) is 0 Å². The summed E-state index contributed by atoms with van der Waals surface area (Å²) < 4.78 is 10.5. The zero-order valence-electron chi connectivity index (χ0n) is 11.3. The first-order valence-corrected chi connectivity index (χ1v) is 7.07. The van der Waals surface area contributed by atoms with Crippen LogP contribution in [0, 0.1) is 5.92 Å². The van der Waals surface area contributed by atoms with E-state index < -0.39 is 24.0 Å². The molecule has 0 aliphatic rings. The van der Waals surface area contributed by atoms with E-state index in [2.05, 4.69) is 15.9 Å². The van der Waals surface area contributed by atoms with E-state index in [0.29, 0.717) is 5.56 Å². The van der Waals surface area contributed by atoms with Crippen molar-refractivity contribution in [1.82, 2.24) is 0 Å². The molecular weight excluding hydrogens is 328 g/mol. The van der Waals surface area contributed by atoms with Crippen molar-refractivity contribution in [2.45, 2.75) is 20.0 Å². The highest BCUT2D eigenvalue weighted by Crippen LogP contribution is 2.26. The highest BCUT2D eigenvalue weighted by atomic mass is 79.9. The quantitative estimate of drug-likeness (QED) is 0.632. The molecule has 0 aromatic heterocycles. The summed E-state index contributed by atoms with van der Waals surface area (Å²) in [4.78, 5) is 23.7. The summed E-state index contributed by atoms with van der Waals surface area (Å²) in [5.74, 6) is -2.96. The monoisotopic (exact) mass is 344 g/mol. The van der Waals surface area contributed by atoms with Crippen LogP contribution in [0.25, 0.3) is 0 Å². The lowest BCUT2D eigenvalue weighted by Gasteiger charge is -2.20. The molecule has 0 spiro atoms. The third-order valence-corrected chi connectivity index (χ3v) is 3.14. The third-order valence-electron chi connectivity index (χ3n) is 2.61. The largest absolute Gasteiger partial charge is 0.465 e. The van der Waals surface area contributed by atoms with Crippen LogP contribution in [-0.2, 0) is 19.1 Å². The number of ether oxygens (including phenoxy) is 2. The van der Waals surface area contributed by atoms with Gasteiger partial charge in [0.05, 0.1) is 13.2 Å². The van der Waals surface area contributed by atoms with E-state index in [1.54, 1.807) is 38.1 Å². The Labute approximate surface area is 126 Å². The van der Waals surface area contributed by atoms with E-state index in [1.165, 1.54) is 0 Å². The maximum absolute atomic E-state index is 11.8. The number of aliphatic hydroxyl groups is 1. The Hall–Kier alpha value is -1.40. The minimum absolute atomic E-state index is 0.127. The van der Waals surface area contributed by atoms with Gasteiger partial charge in [0.15, 0.2) is 5.92 Å². The summed E-state index contributed by atoms with van der Waals surface area (Å²) in [5.41, 5.74) is 0.444. The van der Waals surface area contributed by atoms with Gasteiger partial charge in [0.2, 0.25) is 0 Å². The van der Waals surface area contributed by atoms with E-state index in [1.807, 2.05) is 0 Å². The summed E-state index contributed by atoms with van der Waals surface area (Å²) in [6.07, 6.45) is -1.30. The van der Waals surface area contributed by atoms with Gasteiger partial charge in [0, 0.05) is 4.47 Å². The van der Waals surface area contributed by atoms with Crippen molar-refractivity contribution in [3.8, 4) is 0 Å². The highest BCUT2D eigenvalue weighted by molar-refractivity contribution is 9.10. The predicted molar refractivity (Wildman–Crippen MR) is 75.9 cm³/mol. The summed E-state index contributed by atoms with van der Waals surface area (Å²) in [7, 11) is 0. The second-order valence-electron chi connectivity index (χ2n) is 3.98. The van der Waals surface area contributed by atoms with E-state index in [9.17, 15) is 14.7 Å². The molecule has 0 saturated heterocycles. The van der Waals surface area contributed by atoms with Gasteiger partial charge in [-0.2, -0.15) is 0 Å². The molecule has 1 unspecified atom stereocenters. The number of carbonyl (C=O) groups excluding carboxylic acids is 2. The number of halogens is 1. The summed E-state index contributed by atoms with van der Waals surface area (Å²) in [6, 6.07) is 6.68. The van der Waals surface area contributed by atoms with Crippen molar-refractivity contribution in [2.24, 2.45) is 5.92 Å². The van der Waals surface area contributed by atoms with Gasteiger partial charge < -0.3 is 14.6 Å². The van der Waals surface area contributed by atoms with E-state index in [0.717, 1.165) is 4.47 Å². The van der Waals surface area contributed by atoms with Crippen molar-refractivity contribution in [3.63, 3.8) is 0 Å². The Morgan fingerprint density at radius 1 is 1.10 bits per heavy atom. The first kappa shape index (κ1) is 16.7. The second kappa shape index (κ2) is 8.01. The zero-order chi connectivity index (χ0) is 15.1. The van der Waals surface area contributed by atoms with Gasteiger partial charge in [-0.1, -0.05) is 28.1 Å². The topological polar surface area (TPSA) is 72.8 Å². The Bertz CT molecular complexity index is 439. The highest BCUT2D eigenvalue weighted by Gasteiger charge is 2.37. The number of hydrogen-bond acceptors (Lipinski definition) is 5. The van der Waals surface area contributed by atoms with Gasteiger partial charge in [-0.05, 0) is 31.5 Å². The average Bonchev–Trinajstić information content (AvgIpc) is 2.40. The Morgan fingerprint density at radius 2 is 1.55 bits per heavy atom. The standard InChI is InChI=1S/C14H17BrO5/c1-3-19-13(17)11(14(18)20-4-2)12(16)9-5-7-10(15)8-6-9/h5-8,11-12,16H,3-4H2,1-2H3. The average molecular weight is 345 g/mol. The number of carbonyl (C=O) groups is 2. The SMILES string of the molecule is CCOC(=O)C(C(=O)OCC)C(O)c1ccc(Br)cc1. The Balaban J connectivity index is 2.99. The van der Waals surface area contributed by atoms with Crippen molar-refractivity contribution in [3.05, 3.63) is 34.3 Å². The fourth-order valence-corrected chi connectivity index (χ4v) is 1.93. The van der Waals surface area contributed by atoms with Crippen LogP contribution in [-0.4, -0.2) is 30.3 Å². The van der Waals surface area contributed by atoms with Crippen LogP contribution >= 0.6 is 15.9 Å². The lowest BCUT2D eigenvalue weighted by atomic mass is 9.96. The van der Waals surface area contributed by atoms with Crippen LogP contribution in [0.3, 0.4) is 0 Å². The summed E-state index contributed by atoms with van der Waals surface area (Å²) >= 11 is 3.27. The van der Waals surface area contributed by atoms with Gasteiger partial charge in [-0.15, -0.1) is 0 Å². The molecule has 0 amide bonds. The second-order valence-corrected chi connectivity index (χ2v) is 4.89. The lowest BCUT2D eigenvalue weighted by Crippen LogP contribution is -2.33. The van der Waals surface area contributed by atoms with Crippen molar-refractivity contribution in [2.75, 3.05) is 13.2 Å². The fraction of sp³-hybridized carbons (Fsp3) is 0.429. The number of rotatable bonds is 6. The fourth-order valence-electron chi connectivity index (χ4n) is 1.67. The van der Waals surface area contributed by atoms with Crippen molar-refractivity contribution >= 4 is 27.9 Å². The molecule has 0 aliphatic heterocycles. The number of hydrogen-bond donors (Lipinski definition) is 1. The minimum atomic E-state index is -1.38. The molecule has 6 heteroatoms. The normalized spacial score (nSPS) is 12.1. The predicted octanol–water partition coefficient (Wildman–Crippen LogP) is 2.22. The van der Waals surface area contributed by atoms with Crippen LogP contribution < -0.4 is 0 Å². The molecule has 0 fully saturated rings. The molecule has 1 aromatic rings. The first-order valence-electron chi connectivity index (χ1n) is 6.28. The number of esters is 2. The zero-order valence-corrected chi connectivity index (χ0v) is 12.9. The lowest BCUT2D eigenvalue weighted by molar-refractivity contribution is -0.167. The number of benzene rings is 1. The maximum Gasteiger partial charge on any atom is 0.323 e. The molecule has 0 heterocycles. The van der Waals surface area contributed by atoms with E-state index in [4.69, 9.17) is 9.47 Å². The van der Waals surface area contributed by atoms with Gasteiger partial charge >= 0.3 is 11.9 Å². The van der Waals surface area contributed by atoms with Crippen LogP contribution in [0.15, 0.2) is 28.7 Å². The van der Waals surface area contributed by atoms with Gasteiger partial charge in [0.1, 0.15) is 6.10 Å². The van der Waals surface area contributed by atoms with Crippen LogP contribution in [0.5, 0.6) is 0 Å². The maximum atomic E-state index is 11.8. The molecule has 0 saturated carbocycles.